The molecule has 196 valence electrons. The molecule has 0 aliphatic rings. The highest BCUT2D eigenvalue weighted by molar-refractivity contribution is 6.06. The summed E-state index contributed by atoms with van der Waals surface area (Å²) in [6.45, 7) is 0. The van der Waals surface area contributed by atoms with Gasteiger partial charge in [-0.05, 0) is 86.4 Å². The summed E-state index contributed by atoms with van der Waals surface area (Å²) >= 11 is 0. The molecule has 39 heavy (non-hydrogen) atoms. The van der Waals surface area contributed by atoms with Crippen molar-refractivity contribution in [2.45, 2.75) is 0 Å². The number of hydrogen-bond acceptors (Lipinski definition) is 5. The van der Waals surface area contributed by atoms with Crippen LogP contribution in [0.15, 0.2) is 83.4 Å². The molecule has 3 N–H and O–H groups in total. The van der Waals surface area contributed by atoms with Gasteiger partial charge in [-0.2, -0.15) is 0 Å². The lowest BCUT2D eigenvalue weighted by molar-refractivity contribution is 0.112. The number of fused-ring (bicyclic) bond motifs is 2. The zero-order chi connectivity index (χ0) is 27.5. The average Bonchev–Trinajstić information content (AvgIpc) is 3.53. The normalized spacial score (nSPS) is 10.9. The number of benzene rings is 3. The van der Waals surface area contributed by atoms with Crippen molar-refractivity contribution in [3.05, 3.63) is 96.2 Å². The minimum Gasteiger partial charge on any atom is -0.455 e. The molecule has 6 rings (SSSR count). The van der Waals surface area contributed by atoms with E-state index in [4.69, 9.17) is 4.42 Å². The van der Waals surface area contributed by atoms with E-state index in [1.807, 2.05) is 51.5 Å². The number of anilines is 1. The van der Waals surface area contributed by atoms with E-state index in [-0.39, 0.29) is 11.6 Å². The molecule has 3 aromatic heterocycles. The van der Waals surface area contributed by atoms with Gasteiger partial charge in [0, 0.05) is 52.4 Å². The molecule has 0 radical (unpaired) electrons. The fraction of sp³-hybridized carbons (Fsp3) is 0.0968. The van der Waals surface area contributed by atoms with Gasteiger partial charge in [0.15, 0.2) is 6.29 Å². The Morgan fingerprint density at radius 1 is 0.872 bits per heavy atom. The molecule has 6 aromatic rings. The molecule has 0 saturated carbocycles. The molecule has 0 unspecified atom stereocenters. The summed E-state index contributed by atoms with van der Waals surface area (Å²) < 4.78 is 33.1. The Bertz CT molecular complexity index is 1790. The number of rotatable bonds is 5. The van der Waals surface area contributed by atoms with Gasteiger partial charge in [-0.25, -0.2) is 8.78 Å². The Hall–Kier alpha value is -4.82. The third-order valence-corrected chi connectivity index (χ3v) is 6.29. The van der Waals surface area contributed by atoms with Crippen LogP contribution < -0.4 is 10.6 Å². The third kappa shape index (κ3) is 5.02. The SMILES string of the molecule is CNC.CNc1cc2oc(-c3ccc(F)cc3)c(C=O)c2cc1-c1ccnc(-c2cc3cc(F)ccc3[nH]2)c1. The van der Waals surface area contributed by atoms with Gasteiger partial charge in [0.2, 0.25) is 0 Å². The molecule has 0 spiro atoms. The second kappa shape index (κ2) is 10.9. The number of halogens is 2. The van der Waals surface area contributed by atoms with E-state index in [1.54, 1.807) is 24.4 Å². The van der Waals surface area contributed by atoms with Crippen molar-refractivity contribution in [3.8, 4) is 33.8 Å². The fourth-order valence-corrected chi connectivity index (χ4v) is 4.53. The first kappa shape index (κ1) is 25.8. The smallest absolute Gasteiger partial charge is 0.154 e. The van der Waals surface area contributed by atoms with Crippen LogP contribution in [0.2, 0.25) is 0 Å². The van der Waals surface area contributed by atoms with Crippen LogP contribution in [0.1, 0.15) is 10.4 Å². The lowest BCUT2D eigenvalue weighted by Crippen LogP contribution is -1.93. The second-order valence-electron chi connectivity index (χ2n) is 8.96. The van der Waals surface area contributed by atoms with E-state index < -0.39 is 0 Å². The summed E-state index contributed by atoms with van der Waals surface area (Å²) in [4.78, 5) is 19.9. The first-order valence-corrected chi connectivity index (χ1v) is 12.3. The molecular formula is C31H26F2N4O2. The fourth-order valence-electron chi connectivity index (χ4n) is 4.53. The van der Waals surface area contributed by atoms with Crippen molar-refractivity contribution in [2.24, 2.45) is 0 Å². The van der Waals surface area contributed by atoms with Crippen LogP contribution >= 0.6 is 0 Å². The van der Waals surface area contributed by atoms with E-state index >= 15 is 0 Å². The van der Waals surface area contributed by atoms with Gasteiger partial charge in [-0.3, -0.25) is 9.78 Å². The molecule has 8 heteroatoms. The minimum absolute atomic E-state index is 0.298. The molecule has 0 amide bonds. The van der Waals surface area contributed by atoms with Crippen molar-refractivity contribution < 1.29 is 18.0 Å². The predicted molar refractivity (Wildman–Crippen MR) is 152 cm³/mol. The lowest BCUT2D eigenvalue weighted by Gasteiger charge is -2.10. The molecule has 0 atom stereocenters. The number of carbonyl (C=O) groups is 1. The molecule has 6 nitrogen and oxygen atoms in total. The summed E-state index contributed by atoms with van der Waals surface area (Å²) in [5, 5.41) is 7.36. The van der Waals surface area contributed by atoms with Gasteiger partial charge in [0.05, 0.1) is 17.0 Å². The summed E-state index contributed by atoms with van der Waals surface area (Å²) in [7, 11) is 5.56. The Morgan fingerprint density at radius 2 is 1.62 bits per heavy atom. The van der Waals surface area contributed by atoms with Crippen LogP contribution in [0, 0.1) is 11.6 Å². The maximum Gasteiger partial charge on any atom is 0.154 e. The monoisotopic (exact) mass is 524 g/mol. The van der Waals surface area contributed by atoms with Gasteiger partial charge in [0.1, 0.15) is 23.0 Å². The molecule has 0 fully saturated rings. The number of carbonyl (C=O) groups excluding carboxylic acids is 1. The highest BCUT2D eigenvalue weighted by Crippen LogP contribution is 2.39. The number of nitrogens with one attached hydrogen (secondary N) is 3. The van der Waals surface area contributed by atoms with Crippen LogP contribution in [0.4, 0.5) is 14.5 Å². The highest BCUT2D eigenvalue weighted by atomic mass is 19.1. The standard InChI is InChI=1S/C29H19F2N3O2.C2H7N/c1-32-25-14-28-22(23(15-35)29(36-28)16-2-4-19(30)5-3-16)13-21(25)17-8-9-33-26(11-17)27-12-18-10-20(31)6-7-24(18)34-27;1-3-2/h2-15,32,34H,1H3;3H,1-2H3. The number of hydrogen-bond donors (Lipinski definition) is 3. The number of nitrogens with zero attached hydrogens (tertiary/aromatic N) is 1. The van der Waals surface area contributed by atoms with Crippen LogP contribution in [0.5, 0.6) is 0 Å². The number of H-pyrrole nitrogens is 1. The van der Waals surface area contributed by atoms with Crippen LogP contribution in [0.3, 0.4) is 0 Å². The first-order valence-electron chi connectivity index (χ1n) is 12.3. The lowest BCUT2D eigenvalue weighted by atomic mass is 9.99. The van der Waals surface area contributed by atoms with E-state index in [2.05, 4.69) is 20.6 Å². The quantitative estimate of drug-likeness (QED) is 0.207. The van der Waals surface area contributed by atoms with Crippen molar-refractivity contribution in [1.82, 2.24) is 15.3 Å². The molecule has 0 saturated heterocycles. The molecular weight excluding hydrogens is 498 g/mol. The van der Waals surface area contributed by atoms with Gasteiger partial charge in [-0.15, -0.1) is 0 Å². The van der Waals surface area contributed by atoms with Gasteiger partial charge in [-0.1, -0.05) is 0 Å². The highest BCUT2D eigenvalue weighted by Gasteiger charge is 2.19. The zero-order valence-corrected chi connectivity index (χ0v) is 21.6. The van der Waals surface area contributed by atoms with Crippen molar-refractivity contribution >= 4 is 33.8 Å². The summed E-state index contributed by atoms with van der Waals surface area (Å²) in [6, 6.07) is 19.9. The maximum absolute atomic E-state index is 13.6. The Morgan fingerprint density at radius 3 is 2.33 bits per heavy atom. The van der Waals surface area contributed by atoms with Crippen LogP contribution in [-0.2, 0) is 0 Å². The first-order chi connectivity index (χ1) is 18.9. The topological polar surface area (TPSA) is 82.9 Å². The maximum atomic E-state index is 13.6. The number of aromatic amines is 1. The van der Waals surface area contributed by atoms with Crippen molar-refractivity contribution in [1.29, 1.82) is 0 Å². The molecule has 0 bridgehead atoms. The minimum atomic E-state index is -0.365. The van der Waals surface area contributed by atoms with E-state index in [9.17, 15) is 13.6 Å². The largest absolute Gasteiger partial charge is 0.455 e. The van der Waals surface area contributed by atoms with Crippen LogP contribution in [-0.4, -0.2) is 37.4 Å². The molecule has 0 aliphatic carbocycles. The average molecular weight is 525 g/mol. The van der Waals surface area contributed by atoms with Crippen LogP contribution in [0.25, 0.3) is 55.7 Å². The van der Waals surface area contributed by atoms with E-state index in [0.29, 0.717) is 33.6 Å². The Labute approximate surface area is 223 Å². The summed E-state index contributed by atoms with van der Waals surface area (Å²) in [6.07, 6.45) is 2.47. The molecule has 3 heterocycles. The van der Waals surface area contributed by atoms with E-state index in [1.165, 1.54) is 24.3 Å². The van der Waals surface area contributed by atoms with Crippen molar-refractivity contribution in [3.63, 3.8) is 0 Å². The second-order valence-corrected chi connectivity index (χ2v) is 8.96. The number of pyridine rings is 1. The van der Waals surface area contributed by atoms with Gasteiger partial charge >= 0.3 is 0 Å². The Balaban J connectivity index is 0.000000983. The number of furan rings is 1. The predicted octanol–water partition coefficient (Wildman–Crippen LogP) is 7.28. The zero-order valence-electron chi connectivity index (χ0n) is 21.6. The van der Waals surface area contributed by atoms with Gasteiger partial charge < -0.3 is 20.0 Å². The van der Waals surface area contributed by atoms with Gasteiger partial charge in [0.25, 0.3) is 0 Å². The number of aldehydes is 1. The third-order valence-electron chi connectivity index (χ3n) is 6.29. The molecule has 0 aliphatic heterocycles. The van der Waals surface area contributed by atoms with Crippen molar-refractivity contribution in [2.75, 3.05) is 26.5 Å². The van der Waals surface area contributed by atoms with E-state index in [0.717, 1.165) is 39.7 Å². The molecule has 3 aromatic carbocycles. The Kier molecular flexibility index (Phi) is 7.21. The summed E-state index contributed by atoms with van der Waals surface area (Å²) in [5.41, 5.74) is 6.35. The number of aromatic nitrogens is 2. The summed E-state index contributed by atoms with van der Waals surface area (Å²) in [5.74, 6) is -0.274.